The minimum absolute atomic E-state index is 0.125. The van der Waals surface area contributed by atoms with Crippen molar-refractivity contribution in [2.24, 2.45) is 0 Å². The first-order valence-electron chi connectivity index (χ1n) is 10.0. The lowest BCUT2D eigenvalue weighted by molar-refractivity contribution is 0.103. The number of benzene rings is 3. The Morgan fingerprint density at radius 1 is 1.10 bits per heavy atom. The molecule has 0 amide bonds. The second-order valence-electron chi connectivity index (χ2n) is 7.25. The maximum Gasteiger partial charge on any atom is 0.215 e. The summed E-state index contributed by atoms with van der Waals surface area (Å²) in [4.78, 5) is 13.6. The quantitative estimate of drug-likeness (QED) is 0.384. The van der Waals surface area contributed by atoms with E-state index in [2.05, 4.69) is 20.6 Å². The third-order valence-electron chi connectivity index (χ3n) is 5.27. The summed E-state index contributed by atoms with van der Waals surface area (Å²) in [6.07, 6.45) is 1.77. The summed E-state index contributed by atoms with van der Waals surface area (Å²) in [5.74, 6) is -0.125. The van der Waals surface area contributed by atoms with Crippen molar-refractivity contribution in [2.45, 2.75) is 6.54 Å². The van der Waals surface area contributed by atoms with Crippen LogP contribution >= 0.6 is 0 Å². The van der Waals surface area contributed by atoms with E-state index in [1.807, 2.05) is 71.4 Å². The van der Waals surface area contributed by atoms with Gasteiger partial charge < -0.3 is 10.1 Å². The SMILES string of the molecule is COCCn1nc(C(=O)c2ccccc2Nc2ccc3[nH]ncc3c2)c2ccccc21. The molecule has 0 fully saturated rings. The summed E-state index contributed by atoms with van der Waals surface area (Å²) in [6, 6.07) is 21.2. The molecule has 0 bridgehead atoms. The number of aromatic amines is 1. The molecular weight excluding hydrogens is 390 g/mol. The molecule has 0 aliphatic heterocycles. The molecule has 31 heavy (non-hydrogen) atoms. The van der Waals surface area contributed by atoms with Crippen molar-refractivity contribution in [1.82, 2.24) is 20.0 Å². The molecule has 0 radical (unpaired) electrons. The zero-order chi connectivity index (χ0) is 21.2. The van der Waals surface area contributed by atoms with Gasteiger partial charge in [0.05, 0.1) is 30.4 Å². The van der Waals surface area contributed by atoms with E-state index in [9.17, 15) is 4.79 Å². The second-order valence-corrected chi connectivity index (χ2v) is 7.25. The minimum atomic E-state index is -0.125. The molecular formula is C24H21N5O2. The molecule has 0 aliphatic rings. The molecule has 0 saturated carbocycles. The fourth-order valence-corrected chi connectivity index (χ4v) is 3.74. The van der Waals surface area contributed by atoms with Gasteiger partial charge in [-0.3, -0.25) is 14.6 Å². The molecule has 0 spiro atoms. The van der Waals surface area contributed by atoms with Gasteiger partial charge in [0.25, 0.3) is 0 Å². The molecule has 0 atom stereocenters. The van der Waals surface area contributed by atoms with Crippen LogP contribution in [0.2, 0.25) is 0 Å². The summed E-state index contributed by atoms with van der Waals surface area (Å²) >= 11 is 0. The van der Waals surface area contributed by atoms with Crippen LogP contribution in [0.5, 0.6) is 0 Å². The van der Waals surface area contributed by atoms with Crippen LogP contribution in [0.15, 0.2) is 72.9 Å². The monoisotopic (exact) mass is 411 g/mol. The standard InChI is InChI=1S/C24H21N5O2/c1-31-13-12-29-22-9-5-3-7-19(22)23(28-29)24(30)18-6-2-4-8-21(18)26-17-10-11-20-16(14-17)15-25-27-20/h2-11,14-15,26H,12-13H2,1H3,(H,25,27). The molecule has 154 valence electrons. The number of para-hydroxylation sites is 2. The van der Waals surface area contributed by atoms with Gasteiger partial charge in [0, 0.05) is 34.8 Å². The number of hydrogen-bond acceptors (Lipinski definition) is 5. The number of carbonyl (C=O) groups excluding carboxylic acids is 1. The molecule has 7 heteroatoms. The molecule has 0 aliphatic carbocycles. The van der Waals surface area contributed by atoms with Crippen molar-refractivity contribution >= 4 is 39.0 Å². The molecule has 0 unspecified atom stereocenters. The Morgan fingerprint density at radius 3 is 2.84 bits per heavy atom. The Morgan fingerprint density at radius 2 is 1.94 bits per heavy atom. The van der Waals surface area contributed by atoms with Gasteiger partial charge in [-0.15, -0.1) is 0 Å². The summed E-state index contributed by atoms with van der Waals surface area (Å²) in [5.41, 5.74) is 4.49. The van der Waals surface area contributed by atoms with Gasteiger partial charge in [0.2, 0.25) is 5.78 Å². The molecule has 2 aromatic heterocycles. The summed E-state index contributed by atoms with van der Waals surface area (Å²) in [5, 5.41) is 16.8. The van der Waals surface area contributed by atoms with E-state index in [-0.39, 0.29) is 5.78 Å². The smallest absolute Gasteiger partial charge is 0.215 e. The fraction of sp³-hybridized carbons (Fsp3) is 0.125. The number of rotatable bonds is 7. The van der Waals surface area contributed by atoms with Crippen molar-refractivity contribution in [1.29, 1.82) is 0 Å². The lowest BCUT2D eigenvalue weighted by atomic mass is 10.0. The van der Waals surface area contributed by atoms with Gasteiger partial charge in [-0.1, -0.05) is 30.3 Å². The van der Waals surface area contributed by atoms with Gasteiger partial charge in [-0.05, 0) is 36.4 Å². The zero-order valence-electron chi connectivity index (χ0n) is 17.0. The van der Waals surface area contributed by atoms with E-state index in [1.165, 1.54) is 0 Å². The van der Waals surface area contributed by atoms with Gasteiger partial charge in [0.1, 0.15) is 5.69 Å². The average molecular weight is 411 g/mol. The van der Waals surface area contributed by atoms with Gasteiger partial charge in [-0.2, -0.15) is 10.2 Å². The number of ether oxygens (including phenoxy) is 1. The summed E-state index contributed by atoms with van der Waals surface area (Å²) < 4.78 is 7.03. The number of anilines is 2. The predicted molar refractivity (Wildman–Crippen MR) is 121 cm³/mol. The minimum Gasteiger partial charge on any atom is -0.383 e. The normalized spacial score (nSPS) is 11.3. The fourth-order valence-electron chi connectivity index (χ4n) is 3.74. The largest absolute Gasteiger partial charge is 0.383 e. The van der Waals surface area contributed by atoms with Crippen molar-refractivity contribution in [3.05, 3.63) is 84.2 Å². The second kappa shape index (κ2) is 8.04. The van der Waals surface area contributed by atoms with Crippen molar-refractivity contribution in [2.75, 3.05) is 19.0 Å². The van der Waals surface area contributed by atoms with E-state index >= 15 is 0 Å². The molecule has 7 nitrogen and oxygen atoms in total. The van der Waals surface area contributed by atoms with E-state index in [1.54, 1.807) is 13.3 Å². The first-order valence-corrected chi connectivity index (χ1v) is 10.0. The van der Waals surface area contributed by atoms with Crippen LogP contribution < -0.4 is 5.32 Å². The Labute approximate surface area is 178 Å². The van der Waals surface area contributed by atoms with Crippen LogP contribution in [0, 0.1) is 0 Å². The first kappa shape index (κ1) is 19.0. The Kier molecular flexibility index (Phi) is 4.93. The van der Waals surface area contributed by atoms with Crippen LogP contribution in [0.25, 0.3) is 21.8 Å². The maximum atomic E-state index is 13.6. The number of ketones is 1. The summed E-state index contributed by atoms with van der Waals surface area (Å²) in [6.45, 7) is 1.10. The predicted octanol–water partition coefficient (Wildman–Crippen LogP) is 4.53. The highest BCUT2D eigenvalue weighted by Gasteiger charge is 2.21. The summed E-state index contributed by atoms with van der Waals surface area (Å²) in [7, 11) is 1.65. The highest BCUT2D eigenvalue weighted by molar-refractivity contribution is 6.17. The number of H-pyrrole nitrogens is 1. The lowest BCUT2D eigenvalue weighted by Crippen LogP contribution is -2.09. The van der Waals surface area contributed by atoms with Gasteiger partial charge in [-0.25, -0.2) is 0 Å². The number of carbonyl (C=O) groups is 1. The number of methoxy groups -OCH3 is 1. The van der Waals surface area contributed by atoms with Crippen LogP contribution in [0.1, 0.15) is 16.1 Å². The van der Waals surface area contributed by atoms with E-state index in [4.69, 9.17) is 4.74 Å². The van der Waals surface area contributed by atoms with Crippen LogP contribution in [0.3, 0.4) is 0 Å². The van der Waals surface area contributed by atoms with E-state index in [0.29, 0.717) is 24.4 Å². The lowest BCUT2D eigenvalue weighted by Gasteiger charge is -2.11. The molecule has 0 saturated heterocycles. The van der Waals surface area contributed by atoms with Crippen molar-refractivity contribution < 1.29 is 9.53 Å². The van der Waals surface area contributed by atoms with E-state index < -0.39 is 0 Å². The van der Waals surface area contributed by atoms with Crippen molar-refractivity contribution in [3.8, 4) is 0 Å². The third-order valence-corrected chi connectivity index (χ3v) is 5.27. The Hall–Kier alpha value is -3.97. The number of hydrogen-bond donors (Lipinski definition) is 2. The Balaban J connectivity index is 1.53. The highest BCUT2D eigenvalue weighted by atomic mass is 16.5. The molecule has 5 rings (SSSR count). The van der Waals surface area contributed by atoms with Crippen molar-refractivity contribution in [3.63, 3.8) is 0 Å². The molecule has 5 aromatic rings. The maximum absolute atomic E-state index is 13.6. The molecule has 3 aromatic carbocycles. The van der Waals surface area contributed by atoms with Crippen LogP contribution in [0.4, 0.5) is 11.4 Å². The van der Waals surface area contributed by atoms with E-state index in [0.717, 1.165) is 33.2 Å². The number of aromatic nitrogens is 4. The van der Waals surface area contributed by atoms with Gasteiger partial charge >= 0.3 is 0 Å². The average Bonchev–Trinajstić information content (AvgIpc) is 3.42. The number of nitrogens with one attached hydrogen (secondary N) is 2. The molecule has 2 N–H and O–H groups in total. The Bertz CT molecular complexity index is 1390. The zero-order valence-corrected chi connectivity index (χ0v) is 17.0. The topological polar surface area (TPSA) is 84.8 Å². The number of nitrogens with zero attached hydrogens (tertiary/aromatic N) is 3. The van der Waals surface area contributed by atoms with Crippen LogP contribution in [-0.4, -0.2) is 39.5 Å². The van der Waals surface area contributed by atoms with Gasteiger partial charge in [0.15, 0.2) is 0 Å². The third kappa shape index (κ3) is 3.55. The molecule has 2 heterocycles. The first-order chi connectivity index (χ1) is 15.2. The number of fused-ring (bicyclic) bond motifs is 2. The van der Waals surface area contributed by atoms with Crippen LogP contribution in [-0.2, 0) is 11.3 Å². The highest BCUT2D eigenvalue weighted by Crippen LogP contribution is 2.27.